The van der Waals surface area contributed by atoms with E-state index < -0.39 is 0 Å². The van der Waals surface area contributed by atoms with Gasteiger partial charge in [-0.3, -0.25) is 0 Å². The molecule has 212 valence electrons. The van der Waals surface area contributed by atoms with Gasteiger partial charge in [-0.25, -0.2) is 0 Å². The van der Waals surface area contributed by atoms with Crippen LogP contribution in [0.4, 0.5) is 17.1 Å². The Hall–Kier alpha value is -5.66. The van der Waals surface area contributed by atoms with E-state index in [0.717, 1.165) is 17.1 Å². The lowest BCUT2D eigenvalue weighted by Gasteiger charge is -2.32. The van der Waals surface area contributed by atoms with Crippen LogP contribution >= 0.6 is 0 Å². The van der Waals surface area contributed by atoms with Gasteiger partial charge in [0.1, 0.15) is 0 Å². The molecule has 1 spiro atoms. The van der Waals surface area contributed by atoms with Crippen LogP contribution in [0, 0.1) is 6.92 Å². The van der Waals surface area contributed by atoms with E-state index in [2.05, 4.69) is 182 Å². The lowest BCUT2D eigenvalue weighted by Crippen LogP contribution is -2.26. The van der Waals surface area contributed by atoms with Gasteiger partial charge in [0.25, 0.3) is 0 Å². The molecule has 45 heavy (non-hydrogen) atoms. The normalized spacial score (nSPS) is 15.3. The Morgan fingerprint density at radius 1 is 0.356 bits per heavy atom. The number of hydrogen-bond donors (Lipinski definition) is 0. The zero-order valence-corrected chi connectivity index (χ0v) is 25.1. The van der Waals surface area contributed by atoms with Gasteiger partial charge in [-0.2, -0.15) is 0 Å². The summed E-state index contributed by atoms with van der Waals surface area (Å²) in [6, 6.07) is 62.5. The third-order valence-electron chi connectivity index (χ3n) is 9.73. The summed E-state index contributed by atoms with van der Waals surface area (Å²) in [7, 11) is 0. The van der Waals surface area contributed by atoms with Crippen LogP contribution in [-0.4, -0.2) is 0 Å². The molecule has 0 radical (unpaired) electrons. The van der Waals surface area contributed by atoms with Crippen molar-refractivity contribution in [2.45, 2.75) is 12.3 Å². The van der Waals surface area contributed by atoms with E-state index in [4.69, 9.17) is 0 Å². The van der Waals surface area contributed by atoms with Crippen LogP contribution in [0.15, 0.2) is 170 Å². The van der Waals surface area contributed by atoms with E-state index in [9.17, 15) is 0 Å². The van der Waals surface area contributed by atoms with Gasteiger partial charge < -0.3 is 4.90 Å². The fourth-order valence-electron chi connectivity index (χ4n) is 7.84. The molecule has 0 aromatic heterocycles. The fourth-order valence-corrected chi connectivity index (χ4v) is 7.84. The molecule has 0 fully saturated rings. The molecule has 7 aromatic carbocycles. The topological polar surface area (TPSA) is 3.24 Å². The summed E-state index contributed by atoms with van der Waals surface area (Å²) in [4.78, 5) is 2.39. The fraction of sp³-hybridized carbons (Fsp3) is 0.0455. The summed E-state index contributed by atoms with van der Waals surface area (Å²) < 4.78 is 0. The number of benzene rings is 7. The second-order valence-electron chi connectivity index (χ2n) is 12.2. The molecule has 7 aromatic rings. The highest BCUT2D eigenvalue weighted by molar-refractivity contribution is 5.96. The number of anilines is 3. The zero-order chi connectivity index (χ0) is 30.0. The standard InChI is InChI=1S/C44H31N/c1-30-20-26-38-36-16-8-10-18-40(36)44(42(38)28-30)41-19-11-9-17-37(41)39-27-25-35(29-43(39)44)45(33-14-6-3-7-15-33)34-23-21-32(22-24-34)31-12-4-2-5-13-31/h2-29H,1H3. The summed E-state index contributed by atoms with van der Waals surface area (Å²) in [5.41, 5.74) is 17.5. The van der Waals surface area contributed by atoms with Gasteiger partial charge in [0.2, 0.25) is 0 Å². The zero-order valence-electron chi connectivity index (χ0n) is 25.1. The average Bonchev–Trinajstić information content (AvgIpc) is 3.56. The molecule has 0 saturated heterocycles. The van der Waals surface area contributed by atoms with Crippen molar-refractivity contribution in [1.82, 2.24) is 0 Å². The maximum absolute atomic E-state index is 2.46. The largest absolute Gasteiger partial charge is 0.310 e. The molecule has 1 heteroatoms. The van der Waals surface area contributed by atoms with Crippen molar-refractivity contribution in [2.75, 3.05) is 4.90 Å². The van der Waals surface area contributed by atoms with Crippen molar-refractivity contribution >= 4 is 17.1 Å². The molecular formula is C44H31N. The van der Waals surface area contributed by atoms with E-state index in [1.54, 1.807) is 0 Å². The minimum atomic E-state index is -0.376. The molecule has 0 N–H and O–H groups in total. The van der Waals surface area contributed by atoms with Crippen LogP contribution in [0.1, 0.15) is 27.8 Å². The van der Waals surface area contributed by atoms with Gasteiger partial charge in [-0.05, 0) is 99.0 Å². The molecule has 9 rings (SSSR count). The first-order valence-electron chi connectivity index (χ1n) is 15.7. The number of para-hydroxylation sites is 1. The molecular weight excluding hydrogens is 542 g/mol. The second-order valence-corrected chi connectivity index (χ2v) is 12.2. The average molecular weight is 574 g/mol. The van der Waals surface area contributed by atoms with Gasteiger partial charge in [0, 0.05) is 17.1 Å². The first-order chi connectivity index (χ1) is 22.2. The van der Waals surface area contributed by atoms with Gasteiger partial charge >= 0.3 is 0 Å². The van der Waals surface area contributed by atoms with Crippen LogP contribution in [-0.2, 0) is 5.41 Å². The number of rotatable bonds is 4. The van der Waals surface area contributed by atoms with Crippen LogP contribution in [0.25, 0.3) is 33.4 Å². The van der Waals surface area contributed by atoms with Gasteiger partial charge in [-0.1, -0.05) is 139 Å². The molecule has 1 atom stereocenters. The molecule has 0 saturated carbocycles. The third kappa shape index (κ3) is 3.74. The quantitative estimate of drug-likeness (QED) is 0.202. The Labute approximate surface area is 264 Å². The first kappa shape index (κ1) is 25.8. The Kier molecular flexibility index (Phi) is 5.70. The molecule has 1 unspecified atom stereocenters. The van der Waals surface area contributed by atoms with Crippen molar-refractivity contribution < 1.29 is 0 Å². The molecule has 0 aliphatic heterocycles. The highest BCUT2D eigenvalue weighted by atomic mass is 15.1. The summed E-state index contributed by atoms with van der Waals surface area (Å²) in [6.07, 6.45) is 0. The van der Waals surface area contributed by atoms with Crippen molar-refractivity contribution in [1.29, 1.82) is 0 Å². The van der Waals surface area contributed by atoms with E-state index in [0.29, 0.717) is 0 Å². The minimum Gasteiger partial charge on any atom is -0.310 e. The summed E-state index contributed by atoms with van der Waals surface area (Å²) >= 11 is 0. The van der Waals surface area contributed by atoms with Crippen molar-refractivity contribution in [3.63, 3.8) is 0 Å². The van der Waals surface area contributed by atoms with Crippen molar-refractivity contribution in [2.24, 2.45) is 0 Å². The monoisotopic (exact) mass is 573 g/mol. The highest BCUT2D eigenvalue weighted by Crippen LogP contribution is 2.63. The van der Waals surface area contributed by atoms with Crippen molar-refractivity contribution in [3.8, 4) is 33.4 Å². The van der Waals surface area contributed by atoms with Gasteiger partial charge in [0.05, 0.1) is 5.41 Å². The number of nitrogens with zero attached hydrogens (tertiary/aromatic N) is 1. The molecule has 0 amide bonds. The van der Waals surface area contributed by atoms with Crippen molar-refractivity contribution in [3.05, 3.63) is 198 Å². The highest BCUT2D eigenvalue weighted by Gasteiger charge is 2.51. The van der Waals surface area contributed by atoms with Crippen LogP contribution in [0.3, 0.4) is 0 Å². The molecule has 1 nitrogen and oxygen atoms in total. The van der Waals surface area contributed by atoms with Gasteiger partial charge in [0.15, 0.2) is 0 Å². The predicted molar refractivity (Wildman–Crippen MR) is 188 cm³/mol. The summed E-state index contributed by atoms with van der Waals surface area (Å²) in [5, 5.41) is 0. The Morgan fingerprint density at radius 3 is 1.49 bits per heavy atom. The first-order valence-corrected chi connectivity index (χ1v) is 15.7. The minimum absolute atomic E-state index is 0.376. The predicted octanol–water partition coefficient (Wildman–Crippen LogP) is 11.5. The number of aryl methyl sites for hydroxylation is 1. The van der Waals surface area contributed by atoms with Crippen LogP contribution in [0.5, 0.6) is 0 Å². The lowest BCUT2D eigenvalue weighted by atomic mass is 9.70. The Balaban J connectivity index is 1.29. The molecule has 0 heterocycles. The van der Waals surface area contributed by atoms with E-state index in [-0.39, 0.29) is 5.41 Å². The number of fused-ring (bicyclic) bond motifs is 10. The third-order valence-corrected chi connectivity index (χ3v) is 9.73. The lowest BCUT2D eigenvalue weighted by molar-refractivity contribution is 0.792. The Bertz CT molecular complexity index is 2200. The Morgan fingerprint density at radius 2 is 0.822 bits per heavy atom. The summed E-state index contributed by atoms with van der Waals surface area (Å²) in [6.45, 7) is 2.21. The van der Waals surface area contributed by atoms with E-state index in [1.807, 2.05) is 0 Å². The van der Waals surface area contributed by atoms with E-state index >= 15 is 0 Å². The maximum atomic E-state index is 2.46. The molecule has 2 aliphatic rings. The molecule has 0 bridgehead atoms. The van der Waals surface area contributed by atoms with E-state index in [1.165, 1.54) is 61.2 Å². The SMILES string of the molecule is Cc1ccc2c(c1)C1(c3ccccc3-2)c2ccccc2-c2ccc(N(c3ccccc3)c3ccc(-c4ccccc4)cc3)cc21. The molecule has 2 aliphatic carbocycles. The smallest absolute Gasteiger partial charge is 0.0726 e. The summed E-state index contributed by atoms with van der Waals surface area (Å²) in [5.74, 6) is 0. The van der Waals surface area contributed by atoms with Gasteiger partial charge in [-0.15, -0.1) is 0 Å². The second kappa shape index (κ2) is 9.94. The van der Waals surface area contributed by atoms with Crippen LogP contribution in [0.2, 0.25) is 0 Å². The maximum Gasteiger partial charge on any atom is 0.0726 e. The number of hydrogen-bond acceptors (Lipinski definition) is 1. The van der Waals surface area contributed by atoms with Crippen LogP contribution < -0.4 is 4.90 Å².